The number of aryl methyl sites for hydroxylation is 1. The van der Waals surface area contributed by atoms with Crippen LogP contribution in [0.5, 0.6) is 0 Å². The quantitative estimate of drug-likeness (QED) is 0.919. The molecule has 104 valence electrons. The monoisotopic (exact) mass is 280 g/mol. The maximum atomic E-state index is 12.8. The van der Waals surface area contributed by atoms with Gasteiger partial charge in [-0.25, -0.2) is 0 Å². The number of nitrogens with two attached hydrogens (primary N) is 1. The largest absolute Gasteiger partial charge is 0.416 e. The molecule has 0 fully saturated rings. The van der Waals surface area contributed by atoms with Crippen LogP contribution in [0.1, 0.15) is 22.3 Å². The Morgan fingerprint density at radius 3 is 2.65 bits per heavy atom. The van der Waals surface area contributed by atoms with E-state index in [1.165, 1.54) is 23.9 Å². The Kier molecular flexibility index (Phi) is 3.40. The molecule has 0 aliphatic heterocycles. The molecule has 1 heterocycles. The van der Waals surface area contributed by atoms with Crippen LogP contribution >= 0.6 is 0 Å². The van der Waals surface area contributed by atoms with E-state index in [9.17, 15) is 13.2 Å². The highest BCUT2D eigenvalue weighted by atomic mass is 19.4. The summed E-state index contributed by atoms with van der Waals surface area (Å²) >= 11 is 0. The van der Waals surface area contributed by atoms with Crippen molar-refractivity contribution in [1.82, 2.24) is 9.78 Å². The first-order valence-electron chi connectivity index (χ1n) is 5.71. The Labute approximate surface area is 113 Å². The molecule has 2 rings (SSSR count). The minimum absolute atomic E-state index is 0.0654. The first-order chi connectivity index (χ1) is 9.31. The Morgan fingerprint density at radius 2 is 2.10 bits per heavy atom. The Bertz CT molecular complexity index is 680. The molecule has 0 unspecified atom stereocenters. The van der Waals surface area contributed by atoms with Crippen LogP contribution in [0, 0.1) is 18.3 Å². The third-order valence-corrected chi connectivity index (χ3v) is 2.86. The van der Waals surface area contributed by atoms with Gasteiger partial charge in [0.25, 0.3) is 0 Å². The minimum atomic E-state index is -4.39. The number of benzene rings is 1. The summed E-state index contributed by atoms with van der Waals surface area (Å²) in [5.41, 5.74) is 5.63. The first-order valence-corrected chi connectivity index (χ1v) is 5.71. The van der Waals surface area contributed by atoms with E-state index >= 15 is 0 Å². The van der Waals surface area contributed by atoms with Crippen molar-refractivity contribution >= 4 is 5.82 Å². The number of nitrogens with zero attached hydrogens (tertiary/aromatic N) is 3. The van der Waals surface area contributed by atoms with Gasteiger partial charge < -0.3 is 5.73 Å². The normalized spacial score (nSPS) is 11.3. The molecule has 0 amide bonds. The molecule has 0 spiro atoms. The third kappa shape index (κ3) is 2.74. The van der Waals surface area contributed by atoms with Crippen LogP contribution in [0.15, 0.2) is 24.4 Å². The zero-order valence-electron chi connectivity index (χ0n) is 10.6. The molecule has 0 radical (unpaired) electrons. The molecule has 4 nitrogen and oxygen atoms in total. The van der Waals surface area contributed by atoms with E-state index in [0.717, 1.165) is 6.07 Å². The number of nitriles is 1. The van der Waals surface area contributed by atoms with E-state index in [-0.39, 0.29) is 23.5 Å². The predicted octanol–water partition coefficient (Wildman–Crippen LogP) is 2.71. The second-order valence-electron chi connectivity index (χ2n) is 4.38. The van der Waals surface area contributed by atoms with Crippen molar-refractivity contribution in [3.8, 4) is 6.07 Å². The van der Waals surface area contributed by atoms with Gasteiger partial charge in [-0.3, -0.25) is 4.68 Å². The van der Waals surface area contributed by atoms with Gasteiger partial charge in [-0.1, -0.05) is 12.1 Å². The van der Waals surface area contributed by atoms with Gasteiger partial charge in [0, 0.05) is 6.20 Å². The molecule has 0 atom stereocenters. The molecule has 20 heavy (non-hydrogen) atoms. The topological polar surface area (TPSA) is 67.6 Å². The number of anilines is 1. The second kappa shape index (κ2) is 4.89. The van der Waals surface area contributed by atoms with Crippen molar-refractivity contribution in [3.05, 3.63) is 46.6 Å². The fourth-order valence-electron chi connectivity index (χ4n) is 1.86. The number of aromatic nitrogens is 2. The average Bonchev–Trinajstić information content (AvgIpc) is 2.70. The maximum absolute atomic E-state index is 12.8. The van der Waals surface area contributed by atoms with Crippen LogP contribution in [-0.4, -0.2) is 9.78 Å². The molecule has 0 aliphatic rings. The lowest BCUT2D eigenvalue weighted by molar-refractivity contribution is -0.138. The lowest BCUT2D eigenvalue weighted by Crippen LogP contribution is -2.09. The Balaban J connectivity index is 2.33. The third-order valence-electron chi connectivity index (χ3n) is 2.86. The summed E-state index contributed by atoms with van der Waals surface area (Å²) in [5, 5.41) is 12.6. The highest BCUT2D eigenvalue weighted by Crippen LogP contribution is 2.32. The number of hydrogen-bond donors (Lipinski definition) is 1. The van der Waals surface area contributed by atoms with Gasteiger partial charge in [-0.2, -0.15) is 23.5 Å². The Morgan fingerprint density at radius 1 is 1.40 bits per heavy atom. The van der Waals surface area contributed by atoms with Crippen LogP contribution in [0.25, 0.3) is 0 Å². The summed E-state index contributed by atoms with van der Waals surface area (Å²) in [6.07, 6.45) is -2.98. The van der Waals surface area contributed by atoms with E-state index in [2.05, 4.69) is 5.10 Å². The lowest BCUT2D eigenvalue weighted by Gasteiger charge is -2.12. The number of rotatable bonds is 2. The van der Waals surface area contributed by atoms with E-state index in [0.29, 0.717) is 5.56 Å². The van der Waals surface area contributed by atoms with Crippen molar-refractivity contribution in [2.24, 2.45) is 0 Å². The van der Waals surface area contributed by atoms with E-state index in [4.69, 9.17) is 11.0 Å². The summed E-state index contributed by atoms with van der Waals surface area (Å²) in [6, 6.07) is 5.95. The van der Waals surface area contributed by atoms with Crippen LogP contribution in [0.2, 0.25) is 0 Å². The van der Waals surface area contributed by atoms with Crippen molar-refractivity contribution in [3.63, 3.8) is 0 Å². The van der Waals surface area contributed by atoms with Crippen molar-refractivity contribution in [2.75, 3.05) is 5.73 Å². The molecule has 1 aromatic heterocycles. The summed E-state index contributed by atoms with van der Waals surface area (Å²) in [7, 11) is 0. The van der Waals surface area contributed by atoms with Crippen LogP contribution < -0.4 is 5.73 Å². The van der Waals surface area contributed by atoms with Crippen LogP contribution in [-0.2, 0) is 12.7 Å². The molecular formula is C13H11F3N4. The molecule has 1 aromatic carbocycles. The number of halogens is 3. The summed E-state index contributed by atoms with van der Waals surface area (Å²) < 4.78 is 39.8. The van der Waals surface area contributed by atoms with E-state index in [1.807, 2.05) is 6.07 Å². The van der Waals surface area contributed by atoms with Crippen molar-refractivity contribution in [1.29, 1.82) is 5.26 Å². The van der Waals surface area contributed by atoms with Gasteiger partial charge in [-0.15, -0.1) is 0 Å². The fraction of sp³-hybridized carbons (Fsp3) is 0.231. The van der Waals surface area contributed by atoms with Gasteiger partial charge in [-0.05, 0) is 24.1 Å². The summed E-state index contributed by atoms with van der Waals surface area (Å²) in [6.45, 7) is 1.53. The molecule has 7 heteroatoms. The number of alkyl halides is 3. The number of hydrogen-bond acceptors (Lipinski definition) is 3. The molecule has 0 saturated carbocycles. The van der Waals surface area contributed by atoms with Gasteiger partial charge in [0.15, 0.2) is 5.82 Å². The standard InChI is InChI=1S/C13H11F3N4/c1-8-2-3-9(4-11(8)13(14,15)16)6-20-7-10(5-17)12(18)19-20/h2-4,7H,6H2,1H3,(H2,18,19). The maximum Gasteiger partial charge on any atom is 0.416 e. The zero-order chi connectivity index (χ0) is 14.9. The highest BCUT2D eigenvalue weighted by Gasteiger charge is 2.32. The van der Waals surface area contributed by atoms with Gasteiger partial charge in [0.05, 0.1) is 12.1 Å². The van der Waals surface area contributed by atoms with Gasteiger partial charge >= 0.3 is 6.18 Å². The van der Waals surface area contributed by atoms with Crippen molar-refractivity contribution in [2.45, 2.75) is 19.6 Å². The van der Waals surface area contributed by atoms with Crippen LogP contribution in [0.4, 0.5) is 19.0 Å². The van der Waals surface area contributed by atoms with Gasteiger partial charge in [0.2, 0.25) is 0 Å². The summed E-state index contributed by atoms with van der Waals surface area (Å²) in [4.78, 5) is 0. The van der Waals surface area contributed by atoms with Crippen LogP contribution in [0.3, 0.4) is 0 Å². The molecule has 0 bridgehead atoms. The lowest BCUT2D eigenvalue weighted by atomic mass is 10.0. The molecular weight excluding hydrogens is 269 g/mol. The smallest absolute Gasteiger partial charge is 0.381 e. The van der Waals surface area contributed by atoms with Crippen molar-refractivity contribution < 1.29 is 13.2 Å². The highest BCUT2D eigenvalue weighted by molar-refractivity contribution is 5.46. The van der Waals surface area contributed by atoms with Gasteiger partial charge in [0.1, 0.15) is 11.6 Å². The first kappa shape index (κ1) is 13.9. The number of nitrogen functional groups attached to an aromatic ring is 1. The average molecular weight is 280 g/mol. The molecule has 2 N–H and O–H groups in total. The van der Waals surface area contributed by atoms with E-state index in [1.54, 1.807) is 6.07 Å². The second-order valence-corrected chi connectivity index (χ2v) is 4.38. The zero-order valence-corrected chi connectivity index (χ0v) is 10.6. The molecule has 2 aromatic rings. The Hall–Kier alpha value is -2.49. The van der Waals surface area contributed by atoms with E-state index < -0.39 is 11.7 Å². The SMILES string of the molecule is Cc1ccc(Cn2cc(C#N)c(N)n2)cc1C(F)(F)F. The molecule has 0 saturated heterocycles. The molecule has 0 aliphatic carbocycles. The summed E-state index contributed by atoms with van der Waals surface area (Å²) in [5.74, 6) is 0.0654. The fourth-order valence-corrected chi connectivity index (χ4v) is 1.86. The predicted molar refractivity (Wildman–Crippen MR) is 66.6 cm³/mol. The minimum Gasteiger partial charge on any atom is -0.381 e.